The lowest BCUT2D eigenvalue weighted by molar-refractivity contribution is -0.210. The smallest absolute Gasteiger partial charge is 0.286 e. The van der Waals surface area contributed by atoms with Crippen molar-refractivity contribution in [3.63, 3.8) is 0 Å². The van der Waals surface area contributed by atoms with E-state index in [1.165, 1.54) is 13.3 Å². The summed E-state index contributed by atoms with van der Waals surface area (Å²) < 4.78 is 0. The van der Waals surface area contributed by atoms with Crippen LogP contribution >= 0.6 is 11.6 Å². The Labute approximate surface area is 108 Å². The Kier molecular flexibility index (Phi) is 3.74. The Balaban J connectivity index is 2.39. The molecule has 0 saturated heterocycles. The molecule has 0 spiro atoms. The normalized spacial score (nSPS) is 9.89. The van der Waals surface area contributed by atoms with Crippen LogP contribution in [0.1, 0.15) is 6.92 Å². The van der Waals surface area contributed by atoms with Gasteiger partial charge in [-0.3, -0.25) is 9.78 Å². The summed E-state index contributed by atoms with van der Waals surface area (Å²) in [6.45, 7) is 1.25. The first kappa shape index (κ1) is 12.3. The van der Waals surface area contributed by atoms with Crippen molar-refractivity contribution in [1.29, 1.82) is 0 Å². The second kappa shape index (κ2) is 5.46. The molecule has 0 atom stereocenters. The summed E-state index contributed by atoms with van der Waals surface area (Å²) in [5.41, 5.74) is 1.24. The minimum atomic E-state index is -0.541. The Bertz CT molecular complexity index is 575. The molecule has 0 unspecified atom stereocenters. The average Bonchev–Trinajstić information content (AvgIpc) is 2.37. The number of carbonyl (C=O) groups is 1. The van der Waals surface area contributed by atoms with Gasteiger partial charge < -0.3 is 0 Å². The standard InChI is InChI=1S/C12H9ClN2O3/c1-8(16)17-18-11-5-3-2-4-9(11)10-6-14-7-15-12(10)13/h2-7H,1H3. The van der Waals surface area contributed by atoms with Crippen molar-refractivity contribution in [2.24, 2.45) is 0 Å². The molecule has 92 valence electrons. The summed E-state index contributed by atoms with van der Waals surface area (Å²) in [5, 5.41) is 0.295. The molecule has 2 rings (SSSR count). The summed E-state index contributed by atoms with van der Waals surface area (Å²) in [6, 6.07) is 6.98. The molecule has 0 N–H and O–H groups in total. The Hall–Kier alpha value is -2.14. The molecule has 0 amide bonds. The van der Waals surface area contributed by atoms with E-state index >= 15 is 0 Å². The van der Waals surface area contributed by atoms with Gasteiger partial charge in [-0.2, -0.15) is 0 Å². The van der Waals surface area contributed by atoms with Gasteiger partial charge in [0.1, 0.15) is 11.5 Å². The third-order valence-corrected chi connectivity index (χ3v) is 2.39. The third kappa shape index (κ3) is 2.75. The number of halogens is 1. The van der Waals surface area contributed by atoms with Crippen LogP contribution in [0.15, 0.2) is 36.8 Å². The fraction of sp³-hybridized carbons (Fsp3) is 0.0833. The molecule has 18 heavy (non-hydrogen) atoms. The number of hydrogen-bond donors (Lipinski definition) is 0. The minimum absolute atomic E-state index is 0.295. The van der Waals surface area contributed by atoms with E-state index in [2.05, 4.69) is 14.9 Å². The Morgan fingerprint density at radius 2 is 2.06 bits per heavy atom. The van der Waals surface area contributed by atoms with E-state index < -0.39 is 5.97 Å². The van der Waals surface area contributed by atoms with Crippen molar-refractivity contribution in [3.05, 3.63) is 41.9 Å². The maximum atomic E-state index is 10.7. The maximum Gasteiger partial charge on any atom is 0.352 e. The number of rotatable bonds is 3. The fourth-order valence-corrected chi connectivity index (χ4v) is 1.55. The second-order valence-electron chi connectivity index (χ2n) is 3.38. The summed E-state index contributed by atoms with van der Waals surface area (Å²) in [6.07, 6.45) is 2.91. The van der Waals surface area contributed by atoms with Crippen molar-refractivity contribution in [3.8, 4) is 16.9 Å². The van der Waals surface area contributed by atoms with Gasteiger partial charge in [0.2, 0.25) is 0 Å². The summed E-state index contributed by atoms with van der Waals surface area (Å²) in [4.78, 5) is 28.0. The molecule has 0 aliphatic heterocycles. The Morgan fingerprint density at radius 1 is 1.28 bits per heavy atom. The quantitative estimate of drug-likeness (QED) is 0.484. The molecule has 0 aliphatic carbocycles. The van der Waals surface area contributed by atoms with Crippen LogP contribution in [0.2, 0.25) is 5.15 Å². The maximum absolute atomic E-state index is 10.7. The zero-order valence-electron chi connectivity index (χ0n) is 9.46. The molecule has 0 fully saturated rings. The summed E-state index contributed by atoms with van der Waals surface area (Å²) >= 11 is 5.98. The van der Waals surface area contributed by atoms with E-state index in [4.69, 9.17) is 16.5 Å². The van der Waals surface area contributed by atoms with E-state index in [0.717, 1.165) is 0 Å². The molecule has 6 heteroatoms. The van der Waals surface area contributed by atoms with E-state index in [0.29, 0.717) is 22.0 Å². The highest BCUT2D eigenvalue weighted by molar-refractivity contribution is 6.32. The first-order valence-electron chi connectivity index (χ1n) is 5.08. The topological polar surface area (TPSA) is 61.3 Å². The lowest BCUT2D eigenvalue weighted by atomic mass is 10.1. The molecule has 0 saturated carbocycles. The third-order valence-electron chi connectivity index (χ3n) is 2.09. The first-order valence-corrected chi connectivity index (χ1v) is 5.46. The van der Waals surface area contributed by atoms with Gasteiger partial charge in [0, 0.05) is 24.2 Å². The van der Waals surface area contributed by atoms with E-state index in [9.17, 15) is 4.79 Å². The summed E-state index contributed by atoms with van der Waals surface area (Å²) in [5.74, 6) is -0.176. The highest BCUT2D eigenvalue weighted by atomic mass is 35.5. The molecule has 5 nitrogen and oxygen atoms in total. The van der Waals surface area contributed by atoms with Crippen LogP contribution in [-0.4, -0.2) is 15.9 Å². The molecular formula is C12H9ClN2O3. The van der Waals surface area contributed by atoms with Crippen molar-refractivity contribution >= 4 is 17.6 Å². The molecule has 0 bridgehead atoms. The van der Waals surface area contributed by atoms with E-state index in [-0.39, 0.29) is 0 Å². The number of hydrogen-bond acceptors (Lipinski definition) is 5. The predicted molar refractivity (Wildman–Crippen MR) is 64.9 cm³/mol. The number of para-hydroxylation sites is 1. The van der Waals surface area contributed by atoms with Crippen molar-refractivity contribution < 1.29 is 14.6 Å². The molecule has 1 heterocycles. The van der Waals surface area contributed by atoms with Crippen molar-refractivity contribution in [2.75, 3.05) is 0 Å². The Morgan fingerprint density at radius 3 is 2.78 bits per heavy atom. The fourth-order valence-electron chi connectivity index (χ4n) is 1.36. The highest BCUT2D eigenvalue weighted by Crippen LogP contribution is 2.32. The molecular weight excluding hydrogens is 256 g/mol. The van der Waals surface area contributed by atoms with Gasteiger partial charge in [-0.25, -0.2) is 14.8 Å². The van der Waals surface area contributed by atoms with Crippen LogP contribution in [0.4, 0.5) is 0 Å². The molecule has 0 aliphatic rings. The average molecular weight is 265 g/mol. The van der Waals surface area contributed by atoms with Crippen molar-refractivity contribution in [2.45, 2.75) is 6.92 Å². The number of benzene rings is 1. The van der Waals surface area contributed by atoms with Crippen LogP contribution in [0.3, 0.4) is 0 Å². The SMILES string of the molecule is CC(=O)OOc1ccccc1-c1cncnc1Cl. The zero-order chi connectivity index (χ0) is 13.0. The highest BCUT2D eigenvalue weighted by Gasteiger charge is 2.12. The van der Waals surface area contributed by atoms with Gasteiger partial charge in [-0.15, -0.1) is 0 Å². The van der Waals surface area contributed by atoms with Crippen LogP contribution < -0.4 is 4.89 Å². The van der Waals surface area contributed by atoms with Gasteiger partial charge in [0.15, 0.2) is 5.75 Å². The molecule has 1 aromatic heterocycles. The van der Waals surface area contributed by atoms with Crippen LogP contribution in [-0.2, 0) is 9.68 Å². The lowest BCUT2D eigenvalue weighted by Crippen LogP contribution is -2.03. The van der Waals surface area contributed by atoms with Crippen LogP contribution in [0.5, 0.6) is 5.75 Å². The number of aromatic nitrogens is 2. The van der Waals surface area contributed by atoms with E-state index in [1.54, 1.807) is 30.5 Å². The van der Waals surface area contributed by atoms with Crippen LogP contribution in [0, 0.1) is 0 Å². The second-order valence-corrected chi connectivity index (χ2v) is 3.74. The van der Waals surface area contributed by atoms with Gasteiger partial charge >= 0.3 is 5.97 Å². The summed E-state index contributed by atoms with van der Waals surface area (Å²) in [7, 11) is 0. The number of carbonyl (C=O) groups excluding carboxylic acids is 1. The monoisotopic (exact) mass is 264 g/mol. The number of nitrogens with zero attached hydrogens (tertiary/aromatic N) is 2. The van der Waals surface area contributed by atoms with Gasteiger partial charge in [0.05, 0.1) is 0 Å². The first-order chi connectivity index (χ1) is 8.68. The van der Waals surface area contributed by atoms with E-state index in [1.807, 2.05) is 0 Å². The molecule has 2 aromatic rings. The van der Waals surface area contributed by atoms with Crippen molar-refractivity contribution in [1.82, 2.24) is 9.97 Å². The van der Waals surface area contributed by atoms with Gasteiger partial charge in [-0.05, 0) is 6.07 Å². The predicted octanol–water partition coefficient (Wildman–Crippen LogP) is 2.65. The molecule has 0 radical (unpaired) electrons. The lowest BCUT2D eigenvalue weighted by Gasteiger charge is -2.08. The van der Waals surface area contributed by atoms with Gasteiger partial charge in [0.25, 0.3) is 0 Å². The van der Waals surface area contributed by atoms with Gasteiger partial charge in [-0.1, -0.05) is 29.8 Å². The minimum Gasteiger partial charge on any atom is -0.286 e. The zero-order valence-corrected chi connectivity index (χ0v) is 10.2. The largest absolute Gasteiger partial charge is 0.352 e. The molecule has 1 aromatic carbocycles. The van der Waals surface area contributed by atoms with Crippen LogP contribution in [0.25, 0.3) is 11.1 Å².